The molecule has 2 heterocycles. The molecule has 1 unspecified atom stereocenters. The first-order valence-corrected chi connectivity index (χ1v) is 8.48. The van der Waals surface area contributed by atoms with Crippen molar-refractivity contribution < 1.29 is 4.79 Å². The van der Waals surface area contributed by atoms with Gasteiger partial charge in [-0.2, -0.15) is 0 Å². The molecule has 5 heteroatoms. The SMILES string of the molecule is CN1CCCC(N(C)C(=O)CSC2CCNCC2)C1. The summed E-state index contributed by atoms with van der Waals surface area (Å²) in [6, 6.07) is 0.417. The van der Waals surface area contributed by atoms with Crippen molar-refractivity contribution in [1.29, 1.82) is 0 Å². The number of hydrogen-bond donors (Lipinski definition) is 1. The van der Waals surface area contributed by atoms with Crippen LogP contribution < -0.4 is 5.32 Å². The van der Waals surface area contributed by atoms with Gasteiger partial charge in [-0.15, -0.1) is 11.8 Å². The van der Waals surface area contributed by atoms with Gasteiger partial charge in [-0.1, -0.05) is 0 Å². The van der Waals surface area contributed by atoms with Gasteiger partial charge in [0.1, 0.15) is 0 Å². The van der Waals surface area contributed by atoms with E-state index in [2.05, 4.69) is 17.3 Å². The molecule has 2 fully saturated rings. The molecular weight excluding hydrogens is 258 g/mol. The summed E-state index contributed by atoms with van der Waals surface area (Å²) in [5.41, 5.74) is 0. The number of likely N-dealkylation sites (N-methyl/N-ethyl adjacent to an activating group) is 2. The molecule has 0 bridgehead atoms. The molecule has 1 amide bonds. The van der Waals surface area contributed by atoms with Crippen molar-refractivity contribution >= 4 is 17.7 Å². The van der Waals surface area contributed by atoms with Gasteiger partial charge in [0.15, 0.2) is 0 Å². The predicted octanol–water partition coefficient (Wildman–Crippen LogP) is 1.02. The maximum atomic E-state index is 12.3. The van der Waals surface area contributed by atoms with Gasteiger partial charge in [-0.3, -0.25) is 4.79 Å². The zero-order chi connectivity index (χ0) is 13.7. The third kappa shape index (κ3) is 4.65. The van der Waals surface area contributed by atoms with Crippen LogP contribution in [0.15, 0.2) is 0 Å². The Morgan fingerprint density at radius 1 is 1.37 bits per heavy atom. The molecular formula is C14H27N3OS. The van der Waals surface area contributed by atoms with Crippen LogP contribution in [0.5, 0.6) is 0 Å². The lowest BCUT2D eigenvalue weighted by Crippen LogP contribution is -2.48. The molecule has 0 aromatic rings. The minimum Gasteiger partial charge on any atom is -0.341 e. The molecule has 110 valence electrons. The molecule has 0 spiro atoms. The first kappa shape index (κ1) is 15.1. The molecule has 2 aliphatic heterocycles. The van der Waals surface area contributed by atoms with Crippen molar-refractivity contribution in [2.24, 2.45) is 0 Å². The summed E-state index contributed by atoms with van der Waals surface area (Å²) >= 11 is 1.85. The smallest absolute Gasteiger partial charge is 0.232 e. The number of rotatable bonds is 4. The normalized spacial score (nSPS) is 26.3. The fourth-order valence-electron chi connectivity index (χ4n) is 2.91. The van der Waals surface area contributed by atoms with Crippen LogP contribution in [0.2, 0.25) is 0 Å². The van der Waals surface area contributed by atoms with E-state index in [0.717, 1.165) is 26.1 Å². The van der Waals surface area contributed by atoms with Crippen LogP contribution >= 0.6 is 11.8 Å². The van der Waals surface area contributed by atoms with Crippen LogP contribution in [0.4, 0.5) is 0 Å². The van der Waals surface area contributed by atoms with Gasteiger partial charge in [0.2, 0.25) is 5.91 Å². The van der Waals surface area contributed by atoms with E-state index in [4.69, 9.17) is 0 Å². The van der Waals surface area contributed by atoms with Crippen molar-refractivity contribution in [2.75, 3.05) is 46.0 Å². The van der Waals surface area contributed by atoms with E-state index in [-0.39, 0.29) is 0 Å². The van der Waals surface area contributed by atoms with Crippen LogP contribution in [0, 0.1) is 0 Å². The molecule has 2 rings (SSSR count). The Hall–Kier alpha value is -0.260. The topological polar surface area (TPSA) is 35.6 Å². The first-order chi connectivity index (χ1) is 9.16. The van der Waals surface area contributed by atoms with Crippen molar-refractivity contribution in [1.82, 2.24) is 15.1 Å². The van der Waals surface area contributed by atoms with Gasteiger partial charge in [0.25, 0.3) is 0 Å². The second-order valence-electron chi connectivity index (χ2n) is 5.82. The molecule has 0 radical (unpaired) electrons. The molecule has 0 aromatic carbocycles. The minimum atomic E-state index is 0.309. The van der Waals surface area contributed by atoms with Crippen LogP contribution in [-0.2, 0) is 4.79 Å². The molecule has 2 saturated heterocycles. The van der Waals surface area contributed by atoms with Gasteiger partial charge < -0.3 is 15.1 Å². The number of thioether (sulfide) groups is 1. The summed E-state index contributed by atoms with van der Waals surface area (Å²) in [6.45, 7) is 4.41. The Morgan fingerprint density at radius 3 is 2.79 bits per heavy atom. The maximum absolute atomic E-state index is 12.3. The zero-order valence-electron chi connectivity index (χ0n) is 12.2. The van der Waals surface area contributed by atoms with E-state index in [1.165, 1.54) is 25.8 Å². The minimum absolute atomic E-state index is 0.309. The summed E-state index contributed by atoms with van der Waals surface area (Å²) in [7, 11) is 4.13. The van der Waals surface area contributed by atoms with E-state index in [1.807, 2.05) is 23.7 Å². The largest absolute Gasteiger partial charge is 0.341 e. The summed E-state index contributed by atoms with van der Waals surface area (Å²) < 4.78 is 0. The average Bonchev–Trinajstić information content (AvgIpc) is 2.45. The third-order valence-corrected chi connectivity index (χ3v) is 5.63. The van der Waals surface area contributed by atoms with Gasteiger partial charge in [0.05, 0.1) is 5.75 Å². The van der Waals surface area contributed by atoms with Gasteiger partial charge in [-0.25, -0.2) is 0 Å². The fourth-order valence-corrected chi connectivity index (χ4v) is 4.06. The molecule has 0 saturated carbocycles. The van der Waals surface area contributed by atoms with E-state index in [0.29, 0.717) is 23.0 Å². The van der Waals surface area contributed by atoms with Crippen LogP contribution in [0.3, 0.4) is 0 Å². The number of piperidine rings is 2. The Balaban J connectivity index is 1.72. The van der Waals surface area contributed by atoms with Crippen LogP contribution in [-0.4, -0.2) is 73.0 Å². The number of amides is 1. The molecule has 4 nitrogen and oxygen atoms in total. The molecule has 1 N–H and O–H groups in total. The Kier molecular flexibility index (Phi) is 5.98. The van der Waals surface area contributed by atoms with E-state index in [9.17, 15) is 4.79 Å². The quantitative estimate of drug-likeness (QED) is 0.837. The van der Waals surface area contributed by atoms with Crippen molar-refractivity contribution in [3.63, 3.8) is 0 Å². The number of nitrogens with zero attached hydrogens (tertiary/aromatic N) is 2. The number of carbonyl (C=O) groups excluding carboxylic acids is 1. The van der Waals surface area contributed by atoms with Crippen LogP contribution in [0.1, 0.15) is 25.7 Å². The number of carbonyl (C=O) groups is 1. The number of likely N-dealkylation sites (tertiary alicyclic amines) is 1. The summed E-state index contributed by atoms with van der Waals surface area (Å²) in [6.07, 6.45) is 4.77. The highest BCUT2D eigenvalue weighted by Gasteiger charge is 2.25. The third-order valence-electron chi connectivity index (χ3n) is 4.27. The first-order valence-electron chi connectivity index (χ1n) is 7.43. The van der Waals surface area contributed by atoms with Gasteiger partial charge in [-0.05, 0) is 52.4 Å². The maximum Gasteiger partial charge on any atom is 0.232 e. The Bertz CT molecular complexity index is 294. The predicted molar refractivity (Wildman–Crippen MR) is 81.6 cm³/mol. The highest BCUT2D eigenvalue weighted by Crippen LogP contribution is 2.21. The second-order valence-corrected chi connectivity index (χ2v) is 7.11. The van der Waals surface area contributed by atoms with Crippen molar-refractivity contribution in [3.8, 4) is 0 Å². The standard InChI is InChI=1S/C14H27N3OS/c1-16-9-3-4-12(10-16)17(2)14(18)11-19-13-5-7-15-8-6-13/h12-13,15H,3-11H2,1-2H3. The summed E-state index contributed by atoms with van der Waals surface area (Å²) in [5, 5.41) is 4.04. The second kappa shape index (κ2) is 7.50. The zero-order valence-corrected chi connectivity index (χ0v) is 13.0. The fraction of sp³-hybridized carbons (Fsp3) is 0.929. The Morgan fingerprint density at radius 2 is 2.11 bits per heavy atom. The molecule has 19 heavy (non-hydrogen) atoms. The lowest BCUT2D eigenvalue weighted by atomic mass is 10.1. The van der Waals surface area contributed by atoms with Crippen LogP contribution in [0.25, 0.3) is 0 Å². The highest BCUT2D eigenvalue weighted by molar-refractivity contribution is 8.00. The molecule has 0 aliphatic carbocycles. The lowest BCUT2D eigenvalue weighted by Gasteiger charge is -2.36. The summed E-state index contributed by atoms with van der Waals surface area (Å²) in [4.78, 5) is 16.6. The number of nitrogens with one attached hydrogen (secondary N) is 1. The van der Waals surface area contributed by atoms with E-state index in [1.54, 1.807) is 0 Å². The van der Waals surface area contributed by atoms with E-state index < -0.39 is 0 Å². The van der Waals surface area contributed by atoms with Crippen molar-refractivity contribution in [2.45, 2.75) is 37.0 Å². The average molecular weight is 285 g/mol. The monoisotopic (exact) mass is 285 g/mol. The lowest BCUT2D eigenvalue weighted by molar-refractivity contribution is -0.130. The molecule has 2 aliphatic rings. The van der Waals surface area contributed by atoms with Gasteiger partial charge in [0, 0.05) is 24.9 Å². The summed E-state index contributed by atoms with van der Waals surface area (Å²) in [5.74, 6) is 0.963. The van der Waals surface area contributed by atoms with Gasteiger partial charge >= 0.3 is 0 Å². The number of hydrogen-bond acceptors (Lipinski definition) is 4. The van der Waals surface area contributed by atoms with Crippen molar-refractivity contribution in [3.05, 3.63) is 0 Å². The van der Waals surface area contributed by atoms with E-state index >= 15 is 0 Å². The Labute approximate surface area is 121 Å². The molecule has 1 atom stereocenters. The highest BCUT2D eigenvalue weighted by atomic mass is 32.2. The molecule has 0 aromatic heterocycles.